The number of nitrogens with two attached hydrogens (primary N) is 2. The van der Waals surface area contributed by atoms with E-state index in [4.69, 9.17) is 16.2 Å². The number of anilines is 4. The van der Waals surface area contributed by atoms with Crippen LogP contribution in [0.5, 0.6) is 0 Å². The van der Waals surface area contributed by atoms with Crippen LogP contribution in [0.25, 0.3) is 21.8 Å². The molecular formula is C44H58N12O5Si. The van der Waals surface area contributed by atoms with Crippen LogP contribution in [0.2, 0.25) is 25.7 Å². The molecule has 17 nitrogen and oxygen atoms in total. The molecule has 4 aromatic heterocycles. The van der Waals surface area contributed by atoms with Gasteiger partial charge in [-0.05, 0) is 43.9 Å². The lowest BCUT2D eigenvalue weighted by molar-refractivity contribution is -0.145. The molecule has 0 bridgehead atoms. The van der Waals surface area contributed by atoms with Crippen molar-refractivity contribution in [2.24, 2.45) is 0 Å². The Hall–Kier alpha value is -6.66. The van der Waals surface area contributed by atoms with Gasteiger partial charge in [-0.3, -0.25) is 24.3 Å². The second-order valence-electron chi connectivity index (χ2n) is 16.3. The van der Waals surface area contributed by atoms with E-state index in [1.54, 1.807) is 20.7 Å². The average Bonchev–Trinajstić information content (AvgIpc) is 3.95. The number of ether oxygens (including phenoxy) is 1. The van der Waals surface area contributed by atoms with Gasteiger partial charge in [0.05, 0.1) is 58.0 Å². The molecule has 2 aromatic carbocycles. The molecule has 0 saturated heterocycles. The van der Waals surface area contributed by atoms with Gasteiger partial charge in [-0.15, -0.1) is 0 Å². The molecule has 4 heterocycles. The topological polar surface area (TPSA) is 232 Å². The molecular weight excluding hydrogens is 805 g/mol. The summed E-state index contributed by atoms with van der Waals surface area (Å²) < 4.78 is 7.48. The van der Waals surface area contributed by atoms with Gasteiger partial charge in [0.25, 0.3) is 0 Å². The Bertz CT molecular complexity index is 2450. The number of carbonyl (C=O) groups excluding carboxylic acids is 4. The van der Waals surface area contributed by atoms with Gasteiger partial charge in [-0.25, -0.2) is 14.6 Å². The number of hydrogen-bond acceptors (Lipinski definition) is 11. The quantitative estimate of drug-likeness (QED) is 0.0431. The van der Waals surface area contributed by atoms with E-state index >= 15 is 0 Å². The van der Waals surface area contributed by atoms with E-state index in [0.717, 1.165) is 30.0 Å². The Labute approximate surface area is 362 Å². The highest BCUT2D eigenvalue weighted by molar-refractivity contribution is 6.76. The average molecular weight is 863 g/mol. The summed E-state index contributed by atoms with van der Waals surface area (Å²) in [5.41, 5.74) is 15.6. The van der Waals surface area contributed by atoms with Crippen LogP contribution in [0.1, 0.15) is 51.7 Å². The number of pyridine rings is 2. The van der Waals surface area contributed by atoms with Crippen LogP contribution in [0.4, 0.5) is 23.0 Å². The van der Waals surface area contributed by atoms with Crippen LogP contribution in [0.15, 0.2) is 85.5 Å². The van der Waals surface area contributed by atoms with Crippen LogP contribution in [0.3, 0.4) is 0 Å². The van der Waals surface area contributed by atoms with Gasteiger partial charge in [-0.2, -0.15) is 10.2 Å². The maximum Gasteiger partial charge on any atom is 0.314 e. The van der Waals surface area contributed by atoms with E-state index in [2.05, 4.69) is 55.5 Å². The van der Waals surface area contributed by atoms with Crippen molar-refractivity contribution in [3.05, 3.63) is 96.6 Å². The molecule has 2 unspecified atom stereocenters. The first-order valence-corrected chi connectivity index (χ1v) is 24.4. The van der Waals surface area contributed by atoms with E-state index in [9.17, 15) is 19.2 Å². The van der Waals surface area contributed by atoms with Crippen LogP contribution in [0, 0.1) is 0 Å². The summed E-state index contributed by atoms with van der Waals surface area (Å²) in [4.78, 5) is 63.1. The summed E-state index contributed by atoms with van der Waals surface area (Å²) >= 11 is 0. The highest BCUT2D eigenvalue weighted by atomic mass is 28.3. The minimum Gasteiger partial charge on any atom is -0.383 e. The van der Waals surface area contributed by atoms with E-state index in [0.29, 0.717) is 64.5 Å². The molecule has 7 N–H and O–H groups in total. The van der Waals surface area contributed by atoms with Crippen molar-refractivity contribution in [1.29, 1.82) is 0 Å². The van der Waals surface area contributed by atoms with Gasteiger partial charge >= 0.3 is 23.6 Å². The predicted octanol–water partition coefficient (Wildman–Crippen LogP) is 6.40. The number of benzene rings is 2. The lowest BCUT2D eigenvalue weighted by atomic mass is 10.1. The largest absolute Gasteiger partial charge is 0.383 e. The second-order valence-corrected chi connectivity index (χ2v) is 21.9. The summed E-state index contributed by atoms with van der Waals surface area (Å²) in [6.07, 6.45) is 7.44. The van der Waals surface area contributed by atoms with Gasteiger partial charge in [0.15, 0.2) is 0 Å². The molecule has 62 heavy (non-hydrogen) atoms. The third kappa shape index (κ3) is 12.0. The lowest BCUT2D eigenvalue weighted by Gasteiger charge is -2.28. The third-order valence-electron chi connectivity index (χ3n) is 10.5. The number of amides is 4. The van der Waals surface area contributed by atoms with Crippen LogP contribution < -0.4 is 22.1 Å². The molecule has 6 aromatic rings. The summed E-state index contributed by atoms with van der Waals surface area (Å²) in [6, 6.07) is 20.0. The van der Waals surface area contributed by atoms with E-state index in [1.807, 2.05) is 88.4 Å². The van der Waals surface area contributed by atoms with E-state index in [-0.39, 0.29) is 18.8 Å². The number of nitrogens with zero attached hydrogens (tertiary/aromatic N) is 7. The number of H-pyrrole nitrogens is 1. The molecule has 18 heteroatoms. The number of hydrogen-bond donors (Lipinski definition) is 5. The monoisotopic (exact) mass is 862 g/mol. The number of fused-ring (bicyclic) bond motifs is 2. The fourth-order valence-corrected chi connectivity index (χ4v) is 7.11. The first kappa shape index (κ1) is 46.4. The number of aromatic amines is 1. The van der Waals surface area contributed by atoms with Crippen molar-refractivity contribution in [3.8, 4) is 0 Å². The molecule has 0 spiro atoms. The molecule has 0 saturated carbocycles. The Morgan fingerprint density at radius 1 is 0.742 bits per heavy atom. The standard InChI is InChI=1S/C25H36N6O3Si.C19H22N6O2/c1-6-18(2)30(16-19-10-8-7-9-11-19)25(33)24(32)29-21-15-27-23(26)20-14-28-31(22(20)21)17-34-12-13-35(3,4)5;1-3-12(2)25(11-13-7-5-4-6-8-13)19(27)18(26)23-15-10-21-17(20)14-9-22-24-16(14)15/h7-11,14-15,18H,6,12-13,16-17H2,1-5H3,(H2,26,27)(H,29,32);4-10,12H,3,11H2,1-2H3,(H2,20,21)(H,22,24)(H,23,26). The molecule has 0 aliphatic carbocycles. The predicted molar refractivity (Wildman–Crippen MR) is 245 cm³/mol. The Balaban J connectivity index is 0.000000242. The fourth-order valence-electron chi connectivity index (χ4n) is 6.36. The highest BCUT2D eigenvalue weighted by Gasteiger charge is 2.28. The molecule has 6 rings (SSSR count). The highest BCUT2D eigenvalue weighted by Crippen LogP contribution is 2.27. The zero-order chi connectivity index (χ0) is 45.0. The molecule has 4 amide bonds. The SMILES string of the molecule is CCC(C)N(Cc1ccccc1)C(=O)C(=O)Nc1cnc(N)c2cn[nH]c12.CCC(C)N(Cc1ccccc1)C(=O)C(=O)Nc1cnc(N)c2cnn(COCC[Si](C)(C)C)c12. The lowest BCUT2D eigenvalue weighted by Crippen LogP contribution is -2.44. The summed E-state index contributed by atoms with van der Waals surface area (Å²) in [5, 5.41) is 17.6. The third-order valence-corrected chi connectivity index (χ3v) is 12.2. The van der Waals surface area contributed by atoms with Crippen LogP contribution in [-0.4, -0.2) is 90.1 Å². The second kappa shape index (κ2) is 21.2. The minimum absolute atomic E-state index is 0.0832. The zero-order valence-corrected chi connectivity index (χ0v) is 37.5. The zero-order valence-electron chi connectivity index (χ0n) is 36.5. The van der Waals surface area contributed by atoms with Gasteiger partial charge in [0, 0.05) is 39.9 Å². The van der Waals surface area contributed by atoms with Crippen molar-refractivity contribution in [2.45, 2.75) is 98.1 Å². The molecule has 328 valence electrons. The van der Waals surface area contributed by atoms with Gasteiger partial charge in [0.2, 0.25) is 0 Å². The van der Waals surface area contributed by atoms with Crippen LogP contribution >= 0.6 is 0 Å². The van der Waals surface area contributed by atoms with Gasteiger partial charge < -0.3 is 36.6 Å². The summed E-state index contributed by atoms with van der Waals surface area (Å²) in [6.45, 7) is 16.2. The van der Waals surface area contributed by atoms with Crippen molar-refractivity contribution in [1.82, 2.24) is 39.7 Å². The van der Waals surface area contributed by atoms with Gasteiger partial charge in [0.1, 0.15) is 18.4 Å². The number of carbonyl (C=O) groups is 4. The molecule has 0 radical (unpaired) electrons. The smallest absolute Gasteiger partial charge is 0.314 e. The Kier molecular flexibility index (Phi) is 15.9. The fraction of sp³-hybridized carbons (Fsp3) is 0.364. The maximum atomic E-state index is 13.2. The molecule has 2 atom stereocenters. The Morgan fingerprint density at radius 2 is 1.24 bits per heavy atom. The first-order valence-electron chi connectivity index (χ1n) is 20.7. The normalized spacial score (nSPS) is 12.2. The van der Waals surface area contributed by atoms with Crippen molar-refractivity contribution < 1.29 is 23.9 Å². The first-order chi connectivity index (χ1) is 29.6. The van der Waals surface area contributed by atoms with Crippen molar-refractivity contribution in [2.75, 3.05) is 28.7 Å². The molecule has 0 aliphatic heterocycles. The number of aromatic nitrogens is 6. The summed E-state index contributed by atoms with van der Waals surface area (Å²) in [7, 11) is -1.22. The maximum absolute atomic E-state index is 13.2. The number of rotatable bonds is 15. The van der Waals surface area contributed by atoms with Crippen LogP contribution in [-0.2, 0) is 43.7 Å². The number of nitrogens with one attached hydrogen (secondary N) is 3. The van der Waals surface area contributed by atoms with E-state index < -0.39 is 31.7 Å². The van der Waals surface area contributed by atoms with Gasteiger partial charge in [-0.1, -0.05) is 94.2 Å². The molecule has 0 fully saturated rings. The minimum atomic E-state index is -1.22. The van der Waals surface area contributed by atoms with E-state index in [1.165, 1.54) is 18.6 Å². The molecule has 0 aliphatic rings. The Morgan fingerprint density at radius 3 is 1.76 bits per heavy atom. The summed E-state index contributed by atoms with van der Waals surface area (Å²) in [5.74, 6) is -2.07. The number of nitrogen functional groups attached to an aromatic ring is 2. The van der Waals surface area contributed by atoms with Crippen molar-refractivity contribution in [3.63, 3.8) is 0 Å². The van der Waals surface area contributed by atoms with Crippen molar-refractivity contribution >= 4 is 76.5 Å².